The largest absolute Gasteiger partial charge is 0.394 e. The predicted molar refractivity (Wildman–Crippen MR) is 71.7 cm³/mol. The molecule has 1 saturated heterocycles. The van der Waals surface area contributed by atoms with Gasteiger partial charge in [-0.25, -0.2) is 9.97 Å². The van der Waals surface area contributed by atoms with Crippen LogP contribution in [-0.2, 0) is 4.79 Å². The first-order chi connectivity index (χ1) is 9.26. The molecule has 2 rings (SSSR count). The van der Waals surface area contributed by atoms with Crippen LogP contribution in [0.15, 0.2) is 18.5 Å². The van der Waals surface area contributed by atoms with Gasteiger partial charge in [-0.1, -0.05) is 6.92 Å². The maximum atomic E-state index is 12.2. The Morgan fingerprint density at radius 1 is 1.58 bits per heavy atom. The van der Waals surface area contributed by atoms with Gasteiger partial charge in [-0.3, -0.25) is 4.79 Å². The highest BCUT2D eigenvalue weighted by Gasteiger charge is 2.32. The van der Waals surface area contributed by atoms with Crippen LogP contribution in [0.5, 0.6) is 0 Å². The van der Waals surface area contributed by atoms with Crippen LogP contribution < -0.4 is 10.2 Å². The molecule has 1 aromatic heterocycles. The van der Waals surface area contributed by atoms with E-state index >= 15 is 0 Å². The molecule has 19 heavy (non-hydrogen) atoms. The zero-order valence-electron chi connectivity index (χ0n) is 11.1. The number of nitrogens with one attached hydrogen (secondary N) is 1. The molecule has 2 N–H and O–H groups in total. The predicted octanol–water partition coefficient (Wildman–Crippen LogP) is 0.332. The molecule has 6 heteroatoms. The van der Waals surface area contributed by atoms with Crippen LogP contribution in [-0.4, -0.2) is 46.2 Å². The van der Waals surface area contributed by atoms with Gasteiger partial charge in [0.05, 0.1) is 12.6 Å². The Morgan fingerprint density at radius 2 is 2.32 bits per heavy atom. The summed E-state index contributed by atoms with van der Waals surface area (Å²) in [5.41, 5.74) is 0. The summed E-state index contributed by atoms with van der Waals surface area (Å²) >= 11 is 0. The SMILES string of the molecule is CCC(CO)NC(=O)C1CCCN1c1ncccn1. The number of hydrogen-bond acceptors (Lipinski definition) is 5. The van der Waals surface area contributed by atoms with Crippen molar-refractivity contribution in [3.8, 4) is 0 Å². The molecule has 0 aromatic carbocycles. The zero-order valence-corrected chi connectivity index (χ0v) is 11.1. The van der Waals surface area contributed by atoms with Gasteiger partial charge in [0.15, 0.2) is 0 Å². The maximum Gasteiger partial charge on any atom is 0.243 e. The van der Waals surface area contributed by atoms with Gasteiger partial charge in [-0.15, -0.1) is 0 Å². The number of carbonyl (C=O) groups is 1. The van der Waals surface area contributed by atoms with Crippen molar-refractivity contribution in [3.05, 3.63) is 18.5 Å². The molecule has 2 heterocycles. The third-order valence-electron chi connectivity index (χ3n) is 3.42. The highest BCUT2D eigenvalue weighted by Crippen LogP contribution is 2.22. The molecule has 0 radical (unpaired) electrons. The second-order valence-corrected chi connectivity index (χ2v) is 4.70. The maximum absolute atomic E-state index is 12.2. The fourth-order valence-corrected chi connectivity index (χ4v) is 2.29. The number of hydrogen-bond donors (Lipinski definition) is 2. The van der Waals surface area contributed by atoms with Gasteiger partial charge in [-0.2, -0.15) is 0 Å². The molecule has 0 saturated carbocycles. The fourth-order valence-electron chi connectivity index (χ4n) is 2.29. The summed E-state index contributed by atoms with van der Waals surface area (Å²) in [6.45, 7) is 2.70. The minimum absolute atomic E-state index is 0.0310. The quantitative estimate of drug-likeness (QED) is 0.801. The summed E-state index contributed by atoms with van der Waals surface area (Å²) in [6.07, 6.45) is 5.82. The van der Waals surface area contributed by atoms with Crippen molar-refractivity contribution in [1.29, 1.82) is 0 Å². The van der Waals surface area contributed by atoms with E-state index in [1.54, 1.807) is 18.5 Å². The number of aliphatic hydroxyl groups is 1. The average Bonchev–Trinajstić information content (AvgIpc) is 2.95. The summed E-state index contributed by atoms with van der Waals surface area (Å²) in [4.78, 5) is 22.6. The van der Waals surface area contributed by atoms with Crippen LogP contribution in [0, 0.1) is 0 Å². The van der Waals surface area contributed by atoms with E-state index in [9.17, 15) is 4.79 Å². The molecule has 1 aliphatic rings. The Hall–Kier alpha value is -1.69. The lowest BCUT2D eigenvalue weighted by Gasteiger charge is -2.25. The van der Waals surface area contributed by atoms with Crippen molar-refractivity contribution in [1.82, 2.24) is 15.3 Å². The summed E-state index contributed by atoms with van der Waals surface area (Å²) in [6, 6.07) is 1.35. The van der Waals surface area contributed by atoms with Crippen molar-refractivity contribution < 1.29 is 9.90 Å². The minimum Gasteiger partial charge on any atom is -0.394 e. The lowest BCUT2D eigenvalue weighted by atomic mass is 10.1. The third-order valence-corrected chi connectivity index (χ3v) is 3.42. The number of rotatable bonds is 5. The summed E-state index contributed by atoms with van der Waals surface area (Å²) in [5, 5.41) is 12.0. The van der Waals surface area contributed by atoms with Gasteiger partial charge in [-0.05, 0) is 25.3 Å². The summed E-state index contributed by atoms with van der Waals surface area (Å²) in [5.74, 6) is 0.544. The third kappa shape index (κ3) is 3.20. The van der Waals surface area contributed by atoms with Crippen LogP contribution in [0.25, 0.3) is 0 Å². The molecule has 2 unspecified atom stereocenters. The molecule has 1 fully saturated rings. The molecule has 1 amide bonds. The number of anilines is 1. The second-order valence-electron chi connectivity index (χ2n) is 4.70. The number of carbonyl (C=O) groups excluding carboxylic acids is 1. The molecule has 0 spiro atoms. The molecule has 0 bridgehead atoms. The number of amides is 1. The fraction of sp³-hybridized carbons (Fsp3) is 0.615. The van der Waals surface area contributed by atoms with E-state index in [0.29, 0.717) is 5.95 Å². The van der Waals surface area contributed by atoms with E-state index in [1.165, 1.54) is 0 Å². The number of aromatic nitrogens is 2. The molecule has 104 valence electrons. The van der Waals surface area contributed by atoms with Crippen LogP contribution >= 0.6 is 0 Å². The molecule has 2 atom stereocenters. The van der Waals surface area contributed by atoms with Crippen molar-refractivity contribution in [2.24, 2.45) is 0 Å². The zero-order chi connectivity index (χ0) is 13.7. The van der Waals surface area contributed by atoms with Crippen molar-refractivity contribution in [2.75, 3.05) is 18.1 Å². The Kier molecular flexibility index (Phi) is 4.68. The first-order valence-corrected chi connectivity index (χ1v) is 6.71. The molecule has 0 aliphatic carbocycles. The number of aliphatic hydroxyl groups excluding tert-OH is 1. The standard InChI is InChI=1S/C13H20N4O2/c1-2-10(9-18)16-12(19)11-5-3-8-17(11)13-14-6-4-7-15-13/h4,6-7,10-11,18H,2-3,5,8-9H2,1H3,(H,16,19). The van der Waals surface area contributed by atoms with Gasteiger partial charge in [0.1, 0.15) is 6.04 Å². The van der Waals surface area contributed by atoms with Crippen LogP contribution in [0.3, 0.4) is 0 Å². The summed E-state index contributed by atoms with van der Waals surface area (Å²) < 4.78 is 0. The lowest BCUT2D eigenvalue weighted by molar-refractivity contribution is -0.123. The first kappa shape index (κ1) is 13.7. The monoisotopic (exact) mass is 264 g/mol. The van der Waals surface area contributed by atoms with Crippen LogP contribution in [0.1, 0.15) is 26.2 Å². The minimum atomic E-state index is -0.233. The Balaban J connectivity index is 2.04. The lowest BCUT2D eigenvalue weighted by Crippen LogP contribution is -2.48. The second kappa shape index (κ2) is 6.47. The summed E-state index contributed by atoms with van der Waals surface area (Å²) in [7, 11) is 0. The molecular formula is C13H20N4O2. The van der Waals surface area contributed by atoms with E-state index in [-0.39, 0.29) is 24.6 Å². The van der Waals surface area contributed by atoms with Crippen LogP contribution in [0.4, 0.5) is 5.95 Å². The highest BCUT2D eigenvalue weighted by atomic mass is 16.3. The molecule has 6 nitrogen and oxygen atoms in total. The van der Waals surface area contributed by atoms with E-state index in [0.717, 1.165) is 25.8 Å². The smallest absolute Gasteiger partial charge is 0.243 e. The van der Waals surface area contributed by atoms with E-state index in [1.807, 2.05) is 11.8 Å². The Morgan fingerprint density at radius 3 is 2.95 bits per heavy atom. The first-order valence-electron chi connectivity index (χ1n) is 6.71. The van der Waals surface area contributed by atoms with Gasteiger partial charge in [0.2, 0.25) is 11.9 Å². The molecular weight excluding hydrogens is 244 g/mol. The van der Waals surface area contributed by atoms with Gasteiger partial charge in [0.25, 0.3) is 0 Å². The van der Waals surface area contributed by atoms with Crippen LogP contribution in [0.2, 0.25) is 0 Å². The van der Waals surface area contributed by atoms with Crippen molar-refractivity contribution in [3.63, 3.8) is 0 Å². The van der Waals surface area contributed by atoms with Crippen molar-refractivity contribution in [2.45, 2.75) is 38.3 Å². The topological polar surface area (TPSA) is 78.4 Å². The average molecular weight is 264 g/mol. The van der Waals surface area contributed by atoms with Gasteiger partial charge < -0.3 is 15.3 Å². The normalized spacial score (nSPS) is 20.3. The van der Waals surface area contributed by atoms with Crippen molar-refractivity contribution >= 4 is 11.9 Å². The van der Waals surface area contributed by atoms with E-state index in [4.69, 9.17) is 5.11 Å². The molecule has 1 aliphatic heterocycles. The molecule has 1 aromatic rings. The number of nitrogens with zero attached hydrogens (tertiary/aromatic N) is 3. The Bertz CT molecular complexity index is 408. The Labute approximate surface area is 112 Å². The van der Waals surface area contributed by atoms with E-state index < -0.39 is 0 Å². The van der Waals surface area contributed by atoms with Gasteiger partial charge in [0, 0.05) is 18.9 Å². The van der Waals surface area contributed by atoms with E-state index in [2.05, 4.69) is 15.3 Å². The van der Waals surface area contributed by atoms with Gasteiger partial charge >= 0.3 is 0 Å². The highest BCUT2D eigenvalue weighted by molar-refractivity contribution is 5.85.